The fraction of sp³-hybridized carbons (Fsp3) is 0.278. The first-order valence-electron chi connectivity index (χ1n) is 7.03. The maximum absolute atomic E-state index is 13.1. The Hall–Kier alpha value is -2.29. The van der Waals surface area contributed by atoms with Gasteiger partial charge in [-0.3, -0.25) is 4.79 Å². The number of rotatable bonds is 2. The van der Waals surface area contributed by atoms with Crippen molar-refractivity contribution < 1.29 is 14.3 Å². The number of fused-ring (bicyclic) bond motifs is 1. The number of para-hydroxylation sites is 1. The van der Waals surface area contributed by atoms with Crippen molar-refractivity contribution in [1.29, 1.82) is 0 Å². The fourth-order valence-electron chi connectivity index (χ4n) is 2.89. The minimum Gasteiger partial charge on any atom is -0.493 e. The molecule has 21 heavy (non-hydrogen) atoms. The number of Topliss-reactive ketones (excluding diaryl/α,β-unsaturated/α-hetero) is 1. The van der Waals surface area contributed by atoms with E-state index in [0.29, 0.717) is 17.1 Å². The van der Waals surface area contributed by atoms with Crippen molar-refractivity contribution in [2.24, 2.45) is 0 Å². The van der Waals surface area contributed by atoms with Crippen molar-refractivity contribution in [1.82, 2.24) is 0 Å². The Bertz CT molecular complexity index is 678. The Morgan fingerprint density at radius 2 is 1.81 bits per heavy atom. The first kappa shape index (κ1) is 13.7. The predicted octanol–water partition coefficient (Wildman–Crippen LogP) is 3.62. The van der Waals surface area contributed by atoms with Crippen LogP contribution in [0.1, 0.15) is 29.8 Å². The average Bonchev–Trinajstić information content (AvgIpc) is 2.53. The summed E-state index contributed by atoms with van der Waals surface area (Å²) in [7, 11) is 1.58. The zero-order chi connectivity index (χ0) is 15.0. The molecule has 3 nitrogen and oxygen atoms in total. The summed E-state index contributed by atoms with van der Waals surface area (Å²) in [4.78, 5) is 13.1. The lowest BCUT2D eigenvalue weighted by Crippen LogP contribution is -2.49. The number of benzene rings is 2. The molecule has 1 unspecified atom stereocenters. The number of ketones is 1. The Kier molecular flexibility index (Phi) is 3.20. The number of hydrogen-bond donors (Lipinski definition) is 0. The van der Waals surface area contributed by atoms with E-state index < -0.39 is 5.41 Å². The minimum atomic E-state index is -0.694. The molecule has 0 amide bonds. The van der Waals surface area contributed by atoms with Crippen LogP contribution in [0.5, 0.6) is 11.5 Å². The molecular weight excluding hydrogens is 264 g/mol. The van der Waals surface area contributed by atoms with Crippen molar-refractivity contribution in [2.75, 3.05) is 7.11 Å². The van der Waals surface area contributed by atoms with Gasteiger partial charge in [-0.25, -0.2) is 0 Å². The number of hydrogen-bond acceptors (Lipinski definition) is 3. The van der Waals surface area contributed by atoms with Crippen molar-refractivity contribution in [3.05, 3.63) is 59.7 Å². The topological polar surface area (TPSA) is 35.5 Å². The molecule has 108 valence electrons. The highest BCUT2D eigenvalue weighted by atomic mass is 16.5. The van der Waals surface area contributed by atoms with Crippen LogP contribution < -0.4 is 9.47 Å². The Morgan fingerprint density at radius 3 is 2.48 bits per heavy atom. The van der Waals surface area contributed by atoms with Crippen LogP contribution in [0.4, 0.5) is 0 Å². The highest BCUT2D eigenvalue weighted by Gasteiger charge is 2.47. The molecule has 0 spiro atoms. The molecule has 1 aliphatic rings. The van der Waals surface area contributed by atoms with Gasteiger partial charge in [0.25, 0.3) is 0 Å². The van der Waals surface area contributed by atoms with Gasteiger partial charge in [-0.2, -0.15) is 0 Å². The van der Waals surface area contributed by atoms with Crippen molar-refractivity contribution in [3.8, 4) is 11.5 Å². The summed E-state index contributed by atoms with van der Waals surface area (Å²) in [6.45, 7) is 3.87. The fourth-order valence-corrected chi connectivity index (χ4v) is 2.89. The second kappa shape index (κ2) is 4.92. The van der Waals surface area contributed by atoms with Crippen LogP contribution in [0.2, 0.25) is 0 Å². The van der Waals surface area contributed by atoms with Gasteiger partial charge in [-0.05, 0) is 31.5 Å². The van der Waals surface area contributed by atoms with Gasteiger partial charge in [-0.15, -0.1) is 0 Å². The zero-order valence-corrected chi connectivity index (χ0v) is 12.4. The molecule has 1 heterocycles. The van der Waals surface area contributed by atoms with Gasteiger partial charge in [0.15, 0.2) is 17.3 Å². The molecule has 0 saturated carbocycles. The average molecular weight is 282 g/mol. The van der Waals surface area contributed by atoms with Gasteiger partial charge in [0.2, 0.25) is 0 Å². The molecule has 3 heteroatoms. The number of methoxy groups -OCH3 is 1. The van der Waals surface area contributed by atoms with Crippen LogP contribution in [-0.2, 0) is 5.41 Å². The summed E-state index contributed by atoms with van der Waals surface area (Å²) in [5.74, 6) is 1.22. The third kappa shape index (κ3) is 1.92. The maximum Gasteiger partial charge on any atom is 0.180 e. The lowest BCUT2D eigenvalue weighted by atomic mass is 9.71. The van der Waals surface area contributed by atoms with Crippen LogP contribution in [0.3, 0.4) is 0 Å². The summed E-state index contributed by atoms with van der Waals surface area (Å²) in [6.07, 6.45) is -0.267. The second-order valence-electron chi connectivity index (χ2n) is 5.49. The van der Waals surface area contributed by atoms with Crippen molar-refractivity contribution >= 4 is 5.78 Å². The van der Waals surface area contributed by atoms with E-state index in [0.717, 1.165) is 5.56 Å². The van der Waals surface area contributed by atoms with Crippen LogP contribution in [-0.4, -0.2) is 19.0 Å². The number of ether oxygens (including phenoxy) is 2. The maximum atomic E-state index is 13.1. The lowest BCUT2D eigenvalue weighted by molar-refractivity contribution is 0.0621. The SMILES string of the molecule is COc1cccc2c1OC(C)[C@](C)(c1ccccc1)C2=O. The van der Waals surface area contributed by atoms with E-state index in [1.165, 1.54) is 0 Å². The van der Waals surface area contributed by atoms with Gasteiger partial charge in [-0.1, -0.05) is 36.4 Å². The van der Waals surface area contributed by atoms with E-state index in [2.05, 4.69) is 0 Å². The number of carbonyl (C=O) groups is 1. The van der Waals surface area contributed by atoms with E-state index in [9.17, 15) is 4.79 Å². The summed E-state index contributed by atoms with van der Waals surface area (Å²) < 4.78 is 11.4. The van der Waals surface area contributed by atoms with E-state index in [1.807, 2.05) is 56.3 Å². The normalized spacial score (nSPS) is 24.1. The monoisotopic (exact) mass is 282 g/mol. The third-order valence-corrected chi connectivity index (χ3v) is 4.40. The van der Waals surface area contributed by atoms with Crippen LogP contribution in [0.25, 0.3) is 0 Å². The summed E-state index contributed by atoms with van der Waals surface area (Å²) in [6, 6.07) is 15.2. The molecule has 2 aromatic carbocycles. The highest BCUT2D eigenvalue weighted by molar-refractivity contribution is 6.08. The van der Waals surface area contributed by atoms with Gasteiger partial charge < -0.3 is 9.47 Å². The van der Waals surface area contributed by atoms with Gasteiger partial charge in [0, 0.05) is 0 Å². The molecule has 2 aromatic rings. The highest BCUT2D eigenvalue weighted by Crippen LogP contribution is 2.44. The first-order valence-corrected chi connectivity index (χ1v) is 7.03. The van der Waals surface area contributed by atoms with E-state index in [4.69, 9.17) is 9.47 Å². The standard InChI is InChI=1S/C18H18O3/c1-12-18(2,13-8-5-4-6-9-13)17(19)14-10-7-11-15(20-3)16(14)21-12/h4-12H,1-3H3/t12?,18-/m1/s1. The molecular formula is C18H18O3. The minimum absolute atomic E-state index is 0.0707. The van der Waals surface area contributed by atoms with Crippen LogP contribution in [0.15, 0.2) is 48.5 Å². The Morgan fingerprint density at radius 1 is 1.10 bits per heavy atom. The molecule has 0 aliphatic carbocycles. The molecule has 1 aliphatic heterocycles. The van der Waals surface area contributed by atoms with Crippen molar-refractivity contribution in [2.45, 2.75) is 25.4 Å². The van der Waals surface area contributed by atoms with E-state index in [1.54, 1.807) is 13.2 Å². The predicted molar refractivity (Wildman–Crippen MR) is 81.2 cm³/mol. The molecule has 0 bridgehead atoms. The molecule has 0 N–H and O–H groups in total. The van der Waals surface area contributed by atoms with Gasteiger partial charge in [0.1, 0.15) is 6.10 Å². The lowest BCUT2D eigenvalue weighted by Gasteiger charge is -2.39. The largest absolute Gasteiger partial charge is 0.493 e. The summed E-state index contributed by atoms with van der Waals surface area (Å²) in [5.41, 5.74) is 0.857. The number of carbonyl (C=O) groups excluding carboxylic acids is 1. The molecule has 2 atom stereocenters. The van der Waals surface area contributed by atoms with E-state index in [-0.39, 0.29) is 11.9 Å². The summed E-state index contributed by atoms with van der Waals surface area (Å²) >= 11 is 0. The van der Waals surface area contributed by atoms with Crippen molar-refractivity contribution in [3.63, 3.8) is 0 Å². The third-order valence-electron chi connectivity index (χ3n) is 4.40. The summed E-state index contributed by atoms with van der Waals surface area (Å²) in [5, 5.41) is 0. The zero-order valence-electron chi connectivity index (χ0n) is 12.4. The molecule has 0 aromatic heterocycles. The van der Waals surface area contributed by atoms with Crippen LogP contribution >= 0.6 is 0 Å². The van der Waals surface area contributed by atoms with Gasteiger partial charge in [0.05, 0.1) is 18.1 Å². The molecule has 0 radical (unpaired) electrons. The van der Waals surface area contributed by atoms with Gasteiger partial charge >= 0.3 is 0 Å². The second-order valence-corrected chi connectivity index (χ2v) is 5.49. The Balaban J connectivity index is 2.17. The van der Waals surface area contributed by atoms with Crippen LogP contribution in [0, 0.1) is 0 Å². The molecule has 0 fully saturated rings. The first-order chi connectivity index (χ1) is 10.1. The molecule has 3 rings (SSSR count). The quantitative estimate of drug-likeness (QED) is 0.844. The molecule has 0 saturated heterocycles. The smallest absolute Gasteiger partial charge is 0.180 e. The Labute approximate surface area is 124 Å². The van der Waals surface area contributed by atoms with E-state index >= 15 is 0 Å².